The average molecular weight is 554 g/mol. The summed E-state index contributed by atoms with van der Waals surface area (Å²) in [5.74, 6) is -3.81. The highest BCUT2D eigenvalue weighted by Crippen LogP contribution is 2.41. The van der Waals surface area contributed by atoms with Crippen LogP contribution in [0, 0.1) is 5.92 Å². The maximum absolute atomic E-state index is 15.4. The van der Waals surface area contributed by atoms with Gasteiger partial charge in [0.15, 0.2) is 0 Å². The van der Waals surface area contributed by atoms with E-state index in [0.29, 0.717) is 44.6 Å². The van der Waals surface area contributed by atoms with Crippen LogP contribution in [-0.4, -0.2) is 69.5 Å². The van der Waals surface area contributed by atoms with Crippen molar-refractivity contribution in [1.82, 2.24) is 19.7 Å². The number of carboxylic acid groups (broad SMARTS) is 1. The molecule has 8 nitrogen and oxygen atoms in total. The van der Waals surface area contributed by atoms with Crippen molar-refractivity contribution in [3.63, 3.8) is 0 Å². The second kappa shape index (κ2) is 11.4. The normalized spacial score (nSPS) is 22.4. The minimum atomic E-state index is -2.85. The number of unbranched alkanes of at least 4 members (excludes halogenated alkanes) is 1. The summed E-state index contributed by atoms with van der Waals surface area (Å²) in [6.45, 7) is 2.46. The number of likely N-dealkylation sites (tertiary alicyclic amines) is 1. The summed E-state index contributed by atoms with van der Waals surface area (Å²) in [6.07, 6.45) is 6.48. The molecule has 2 N–H and O–H groups in total. The van der Waals surface area contributed by atoms with E-state index in [2.05, 4.69) is 21.5 Å². The number of anilines is 1. The molecule has 5 heterocycles. The van der Waals surface area contributed by atoms with Gasteiger partial charge in [-0.2, -0.15) is 5.10 Å². The first-order chi connectivity index (χ1) is 19.4. The van der Waals surface area contributed by atoms with Crippen molar-refractivity contribution >= 4 is 22.7 Å². The number of alkyl halides is 2. The zero-order valence-corrected chi connectivity index (χ0v) is 22.7. The van der Waals surface area contributed by atoms with Crippen LogP contribution in [0.15, 0.2) is 36.5 Å². The molecule has 1 aromatic carbocycles. The van der Waals surface area contributed by atoms with E-state index in [1.807, 2.05) is 22.9 Å². The number of nitrogens with zero attached hydrogens (tertiary/aromatic N) is 4. The summed E-state index contributed by atoms with van der Waals surface area (Å²) in [5, 5.41) is 19.0. The Bertz CT molecular complexity index is 1360. The summed E-state index contributed by atoms with van der Waals surface area (Å²) in [7, 11) is 0. The molecular weight excluding hydrogens is 516 g/mol. The number of hydrogen-bond acceptors (Lipinski definition) is 6. The van der Waals surface area contributed by atoms with E-state index in [0.717, 1.165) is 48.2 Å². The first kappa shape index (κ1) is 27.1. The molecule has 3 aliphatic rings. The van der Waals surface area contributed by atoms with Gasteiger partial charge < -0.3 is 15.2 Å². The summed E-state index contributed by atoms with van der Waals surface area (Å²) >= 11 is 0. The molecular formula is C30H37F2N5O3. The third kappa shape index (κ3) is 5.43. The van der Waals surface area contributed by atoms with Crippen molar-refractivity contribution in [1.29, 1.82) is 0 Å². The SMILES string of the molecule is O=C(O)[C@@H](c1cccc2cnn([C@H]3CCOC3)c12)N1CC[C@@H](C(F)(F)CCCCc2ccc3c(n2)NCCC3)C1. The number of halogens is 2. The van der Waals surface area contributed by atoms with Gasteiger partial charge in [-0.25, -0.2) is 13.8 Å². The Balaban J connectivity index is 1.10. The number of rotatable bonds is 10. The number of aryl methyl sites for hydroxylation is 2. The second-order valence-electron chi connectivity index (χ2n) is 11.4. The first-order valence-electron chi connectivity index (χ1n) is 14.5. The quantitative estimate of drug-likeness (QED) is 0.332. The minimum Gasteiger partial charge on any atom is -0.480 e. The van der Waals surface area contributed by atoms with E-state index in [1.165, 1.54) is 5.56 Å². The molecule has 0 unspecified atom stereocenters. The molecule has 0 saturated carbocycles. The number of carbonyl (C=O) groups is 1. The molecule has 0 aliphatic carbocycles. The van der Waals surface area contributed by atoms with Crippen molar-refractivity contribution < 1.29 is 23.4 Å². The lowest BCUT2D eigenvalue weighted by Gasteiger charge is -2.28. The van der Waals surface area contributed by atoms with Crippen LogP contribution >= 0.6 is 0 Å². The van der Waals surface area contributed by atoms with Crippen molar-refractivity contribution in [3.8, 4) is 0 Å². The predicted molar refractivity (Wildman–Crippen MR) is 148 cm³/mol. The molecule has 10 heteroatoms. The Kier molecular flexibility index (Phi) is 7.72. The van der Waals surface area contributed by atoms with Gasteiger partial charge in [0.05, 0.1) is 24.4 Å². The van der Waals surface area contributed by atoms with Crippen LogP contribution in [0.1, 0.15) is 67.4 Å². The minimum absolute atomic E-state index is 0.0384. The molecule has 3 aliphatic heterocycles. The van der Waals surface area contributed by atoms with E-state index in [4.69, 9.17) is 4.74 Å². The lowest BCUT2D eigenvalue weighted by Crippen LogP contribution is -2.36. The van der Waals surface area contributed by atoms with Crippen molar-refractivity contribution in [2.45, 2.75) is 69.4 Å². The van der Waals surface area contributed by atoms with E-state index in [9.17, 15) is 9.90 Å². The van der Waals surface area contributed by atoms with Gasteiger partial charge in [-0.3, -0.25) is 14.4 Å². The maximum Gasteiger partial charge on any atom is 0.325 e. The first-order valence-corrected chi connectivity index (χ1v) is 14.5. The Morgan fingerprint density at radius 2 is 2.12 bits per heavy atom. The fourth-order valence-corrected chi connectivity index (χ4v) is 6.57. The predicted octanol–water partition coefficient (Wildman–Crippen LogP) is 5.25. The molecule has 6 rings (SSSR count). The lowest BCUT2D eigenvalue weighted by molar-refractivity contribution is -0.143. The number of benzene rings is 1. The zero-order chi connectivity index (χ0) is 27.7. The van der Waals surface area contributed by atoms with Gasteiger partial charge in [0.1, 0.15) is 11.9 Å². The third-order valence-electron chi connectivity index (χ3n) is 8.76. The molecule has 0 amide bonds. The van der Waals surface area contributed by atoms with Crippen LogP contribution in [0.3, 0.4) is 0 Å². The van der Waals surface area contributed by atoms with E-state index in [1.54, 1.807) is 17.2 Å². The molecule has 2 aromatic heterocycles. The lowest BCUT2D eigenvalue weighted by atomic mass is 9.95. The topological polar surface area (TPSA) is 92.5 Å². The summed E-state index contributed by atoms with van der Waals surface area (Å²) < 4.78 is 38.1. The molecule has 3 aromatic rings. The molecule has 3 atom stereocenters. The van der Waals surface area contributed by atoms with Crippen molar-refractivity contribution in [3.05, 3.63) is 53.3 Å². The van der Waals surface area contributed by atoms with Gasteiger partial charge >= 0.3 is 5.97 Å². The van der Waals surface area contributed by atoms with Crippen LogP contribution in [0.2, 0.25) is 0 Å². The zero-order valence-electron chi connectivity index (χ0n) is 22.7. The number of ether oxygens (including phenoxy) is 1. The fourth-order valence-electron chi connectivity index (χ4n) is 6.57. The number of hydrogen-bond donors (Lipinski definition) is 2. The number of para-hydroxylation sites is 1. The molecule has 0 radical (unpaired) electrons. The smallest absolute Gasteiger partial charge is 0.325 e. The van der Waals surface area contributed by atoms with Crippen LogP contribution < -0.4 is 5.32 Å². The molecule has 2 fully saturated rings. The average Bonchev–Trinajstić information content (AvgIpc) is 3.72. The van der Waals surface area contributed by atoms with E-state index < -0.39 is 23.9 Å². The van der Waals surface area contributed by atoms with Gasteiger partial charge in [0, 0.05) is 48.7 Å². The molecule has 0 spiro atoms. The Hall–Kier alpha value is -3.11. The van der Waals surface area contributed by atoms with Crippen LogP contribution in [0.25, 0.3) is 10.9 Å². The number of nitrogens with one attached hydrogen (secondary N) is 1. The monoisotopic (exact) mass is 553 g/mol. The number of fused-ring (bicyclic) bond motifs is 2. The summed E-state index contributed by atoms with van der Waals surface area (Å²) in [5.41, 5.74) is 3.52. The Morgan fingerprint density at radius 3 is 2.95 bits per heavy atom. The van der Waals surface area contributed by atoms with Crippen LogP contribution in [0.4, 0.5) is 14.6 Å². The summed E-state index contributed by atoms with van der Waals surface area (Å²) in [4.78, 5) is 19.0. The highest BCUT2D eigenvalue weighted by Gasteiger charge is 2.45. The molecule has 2 saturated heterocycles. The largest absolute Gasteiger partial charge is 0.480 e. The number of carboxylic acids is 1. The number of aliphatic carboxylic acids is 1. The van der Waals surface area contributed by atoms with E-state index >= 15 is 8.78 Å². The van der Waals surface area contributed by atoms with Crippen LogP contribution in [-0.2, 0) is 22.4 Å². The van der Waals surface area contributed by atoms with Crippen molar-refractivity contribution in [2.75, 3.05) is 38.2 Å². The molecule has 214 valence electrons. The van der Waals surface area contributed by atoms with Crippen LogP contribution in [0.5, 0.6) is 0 Å². The van der Waals surface area contributed by atoms with Gasteiger partial charge in [-0.15, -0.1) is 0 Å². The van der Waals surface area contributed by atoms with Gasteiger partial charge in [-0.05, 0) is 63.1 Å². The highest BCUT2D eigenvalue weighted by molar-refractivity contribution is 5.88. The van der Waals surface area contributed by atoms with Gasteiger partial charge in [0.2, 0.25) is 0 Å². The van der Waals surface area contributed by atoms with E-state index in [-0.39, 0.29) is 25.4 Å². The number of pyridine rings is 1. The molecule has 0 bridgehead atoms. The summed E-state index contributed by atoms with van der Waals surface area (Å²) in [6, 6.07) is 8.66. The fraction of sp³-hybridized carbons (Fsp3) is 0.567. The van der Waals surface area contributed by atoms with Gasteiger partial charge in [-0.1, -0.05) is 24.3 Å². The van der Waals surface area contributed by atoms with Gasteiger partial charge in [0.25, 0.3) is 5.92 Å². The molecule has 40 heavy (non-hydrogen) atoms. The standard InChI is InChI=1S/C30H37F2N5O3/c31-30(32,13-2-1-7-23-10-9-20-6-4-14-33-28(20)35-23)22-11-15-36(18-22)27(29(38)39)25-8-3-5-21-17-34-37(26(21)25)24-12-16-40-19-24/h3,5,8-10,17,22,24,27H,1-2,4,6-7,11-16,18-19H2,(H,33,35)(H,38,39)/t22-,24+,27-/m1/s1. The third-order valence-corrected chi connectivity index (χ3v) is 8.76. The van der Waals surface area contributed by atoms with Crippen molar-refractivity contribution in [2.24, 2.45) is 5.92 Å². The highest BCUT2D eigenvalue weighted by atomic mass is 19.3. The Labute approximate surface area is 232 Å². The Morgan fingerprint density at radius 1 is 1.23 bits per heavy atom. The second-order valence-corrected chi connectivity index (χ2v) is 11.4. The maximum atomic E-state index is 15.4. The number of aromatic nitrogens is 3.